The molecule has 5 heteroatoms. The lowest BCUT2D eigenvalue weighted by molar-refractivity contribution is 0.350. The molecule has 0 atom stereocenters. The van der Waals surface area contributed by atoms with Crippen LogP contribution in [0.25, 0.3) is 0 Å². The third kappa shape index (κ3) is 1.68. The molecular formula is C7H8N2O3. The van der Waals surface area contributed by atoms with Crippen molar-refractivity contribution < 1.29 is 10.2 Å². The number of aromatic amines is 1. The highest BCUT2D eigenvalue weighted by Gasteiger charge is 2.00. The van der Waals surface area contributed by atoms with Crippen LogP contribution < -0.4 is 5.69 Å². The molecule has 0 unspecified atom stereocenters. The molecule has 0 amide bonds. The smallest absolute Gasteiger partial charge is 0.329 e. The van der Waals surface area contributed by atoms with Crippen molar-refractivity contribution in [3.8, 4) is 17.7 Å². The minimum Gasteiger partial charge on any atom is -0.493 e. The van der Waals surface area contributed by atoms with Gasteiger partial charge in [0.15, 0.2) is 0 Å². The van der Waals surface area contributed by atoms with Crippen molar-refractivity contribution in [3.63, 3.8) is 0 Å². The lowest BCUT2D eigenvalue weighted by atomic mass is 10.5. The lowest BCUT2D eigenvalue weighted by Crippen LogP contribution is -2.15. The van der Waals surface area contributed by atoms with E-state index in [9.17, 15) is 4.79 Å². The van der Waals surface area contributed by atoms with Crippen molar-refractivity contribution in [2.45, 2.75) is 6.54 Å². The summed E-state index contributed by atoms with van der Waals surface area (Å²) in [5.74, 6) is 4.70. The van der Waals surface area contributed by atoms with Gasteiger partial charge in [0.05, 0.1) is 12.7 Å². The molecule has 5 nitrogen and oxygen atoms in total. The number of imidazole rings is 1. The van der Waals surface area contributed by atoms with Crippen LogP contribution in [0, 0.1) is 11.8 Å². The Morgan fingerprint density at radius 2 is 2.33 bits per heavy atom. The van der Waals surface area contributed by atoms with E-state index in [1.54, 1.807) is 0 Å². The molecule has 1 rings (SSSR count). The molecule has 0 aromatic carbocycles. The second-order valence-corrected chi connectivity index (χ2v) is 2.05. The van der Waals surface area contributed by atoms with E-state index < -0.39 is 5.69 Å². The van der Waals surface area contributed by atoms with Crippen LogP contribution in [0.15, 0.2) is 11.0 Å². The minimum atomic E-state index is -0.417. The zero-order chi connectivity index (χ0) is 8.97. The minimum absolute atomic E-state index is 0.0781. The van der Waals surface area contributed by atoms with Gasteiger partial charge in [-0.15, -0.1) is 0 Å². The first kappa shape index (κ1) is 8.43. The van der Waals surface area contributed by atoms with Crippen LogP contribution in [0.1, 0.15) is 0 Å². The second kappa shape index (κ2) is 3.64. The first-order valence-corrected chi connectivity index (χ1v) is 3.29. The van der Waals surface area contributed by atoms with Crippen LogP contribution in [0.2, 0.25) is 0 Å². The van der Waals surface area contributed by atoms with E-state index in [1.807, 2.05) is 0 Å². The van der Waals surface area contributed by atoms with Gasteiger partial charge in [-0.05, 0) is 0 Å². The molecule has 0 radical (unpaired) electrons. The predicted octanol–water partition coefficient (Wildman–Crippen LogP) is -1.12. The number of aromatic nitrogens is 2. The summed E-state index contributed by atoms with van der Waals surface area (Å²) in [5.41, 5.74) is -0.417. The molecule has 1 heterocycles. The van der Waals surface area contributed by atoms with Crippen LogP contribution >= 0.6 is 0 Å². The zero-order valence-corrected chi connectivity index (χ0v) is 6.24. The van der Waals surface area contributed by atoms with Gasteiger partial charge in [0.2, 0.25) is 5.88 Å². The van der Waals surface area contributed by atoms with E-state index >= 15 is 0 Å². The van der Waals surface area contributed by atoms with E-state index in [0.29, 0.717) is 0 Å². The van der Waals surface area contributed by atoms with Gasteiger partial charge in [-0.2, -0.15) is 0 Å². The number of aliphatic hydroxyl groups excluding tert-OH is 1. The van der Waals surface area contributed by atoms with Gasteiger partial charge in [-0.25, -0.2) is 4.79 Å². The molecule has 64 valence electrons. The Labute approximate surface area is 68.3 Å². The van der Waals surface area contributed by atoms with Crippen molar-refractivity contribution in [1.82, 2.24) is 9.55 Å². The van der Waals surface area contributed by atoms with Gasteiger partial charge < -0.3 is 15.2 Å². The van der Waals surface area contributed by atoms with Crippen LogP contribution in [0.4, 0.5) is 0 Å². The first-order valence-electron chi connectivity index (χ1n) is 3.29. The molecule has 0 aliphatic carbocycles. The number of aromatic hydroxyl groups is 1. The Bertz CT molecular complexity index is 366. The van der Waals surface area contributed by atoms with E-state index in [0.717, 1.165) is 4.57 Å². The van der Waals surface area contributed by atoms with Crippen LogP contribution in [-0.2, 0) is 6.54 Å². The Morgan fingerprint density at radius 1 is 1.58 bits per heavy atom. The Morgan fingerprint density at radius 3 is 2.83 bits per heavy atom. The van der Waals surface area contributed by atoms with Crippen LogP contribution in [0.5, 0.6) is 5.88 Å². The second-order valence-electron chi connectivity index (χ2n) is 2.05. The van der Waals surface area contributed by atoms with E-state index in [2.05, 4.69) is 16.8 Å². The van der Waals surface area contributed by atoms with Crippen molar-refractivity contribution in [2.75, 3.05) is 6.61 Å². The average Bonchev–Trinajstić information content (AvgIpc) is 2.35. The fourth-order valence-corrected chi connectivity index (χ4v) is 0.730. The maximum Gasteiger partial charge on any atom is 0.329 e. The standard InChI is InChI=1S/C7H8N2O3/c10-4-2-1-3-9-6(11)5-8-7(9)12/h5,10-11H,3-4H2,(H,8,12). The van der Waals surface area contributed by atoms with E-state index in [-0.39, 0.29) is 19.0 Å². The highest BCUT2D eigenvalue weighted by molar-refractivity contribution is 5.07. The van der Waals surface area contributed by atoms with Gasteiger partial charge in [0.1, 0.15) is 6.61 Å². The highest BCUT2D eigenvalue weighted by Crippen LogP contribution is 2.00. The van der Waals surface area contributed by atoms with Gasteiger partial charge in [-0.3, -0.25) is 4.57 Å². The summed E-state index contributed by atoms with van der Waals surface area (Å²) in [7, 11) is 0. The summed E-state index contributed by atoms with van der Waals surface area (Å²) < 4.78 is 1.06. The summed E-state index contributed by atoms with van der Waals surface area (Å²) in [6, 6.07) is 0. The van der Waals surface area contributed by atoms with Crippen molar-refractivity contribution in [1.29, 1.82) is 0 Å². The lowest BCUT2D eigenvalue weighted by Gasteiger charge is -1.93. The van der Waals surface area contributed by atoms with E-state index in [1.165, 1.54) is 6.20 Å². The summed E-state index contributed by atoms with van der Waals surface area (Å²) in [5, 5.41) is 17.3. The van der Waals surface area contributed by atoms with Crippen molar-refractivity contribution >= 4 is 0 Å². The maximum absolute atomic E-state index is 10.9. The van der Waals surface area contributed by atoms with Crippen molar-refractivity contribution in [3.05, 3.63) is 16.7 Å². The molecule has 0 spiro atoms. The zero-order valence-electron chi connectivity index (χ0n) is 6.24. The Hall–Kier alpha value is -1.67. The highest BCUT2D eigenvalue weighted by atomic mass is 16.3. The fraction of sp³-hybridized carbons (Fsp3) is 0.286. The molecule has 0 fully saturated rings. The van der Waals surface area contributed by atoms with Crippen molar-refractivity contribution in [2.24, 2.45) is 0 Å². The van der Waals surface area contributed by atoms with Crippen LogP contribution in [0.3, 0.4) is 0 Å². The number of aliphatic hydroxyl groups is 1. The third-order valence-electron chi connectivity index (χ3n) is 1.29. The quantitative estimate of drug-likeness (QED) is 0.465. The number of rotatable bonds is 1. The van der Waals surface area contributed by atoms with Crippen LogP contribution in [-0.4, -0.2) is 26.4 Å². The molecule has 0 aliphatic heterocycles. The number of hydrogen-bond donors (Lipinski definition) is 3. The average molecular weight is 168 g/mol. The topological polar surface area (TPSA) is 78.2 Å². The molecule has 12 heavy (non-hydrogen) atoms. The molecule has 0 saturated carbocycles. The SMILES string of the molecule is O=c1[nH]cc(O)n1CC#CCO. The van der Waals surface area contributed by atoms with E-state index in [4.69, 9.17) is 10.2 Å². The summed E-state index contributed by atoms with van der Waals surface area (Å²) in [4.78, 5) is 13.1. The summed E-state index contributed by atoms with van der Waals surface area (Å²) in [6.45, 7) is -0.172. The maximum atomic E-state index is 10.9. The molecule has 3 N–H and O–H groups in total. The Balaban J connectivity index is 2.81. The molecule has 1 aromatic rings. The number of nitrogens with one attached hydrogen (secondary N) is 1. The summed E-state index contributed by atoms with van der Waals surface area (Å²) in [6.07, 6.45) is 1.18. The third-order valence-corrected chi connectivity index (χ3v) is 1.29. The molecule has 0 saturated heterocycles. The molecular weight excluding hydrogens is 160 g/mol. The van der Waals surface area contributed by atoms with Gasteiger partial charge >= 0.3 is 5.69 Å². The first-order chi connectivity index (χ1) is 5.75. The Kier molecular flexibility index (Phi) is 2.56. The largest absolute Gasteiger partial charge is 0.493 e. The molecule has 0 bridgehead atoms. The fourth-order valence-electron chi connectivity index (χ4n) is 0.730. The number of hydrogen-bond acceptors (Lipinski definition) is 3. The number of H-pyrrole nitrogens is 1. The monoisotopic (exact) mass is 168 g/mol. The predicted molar refractivity (Wildman–Crippen MR) is 41.6 cm³/mol. The van der Waals surface area contributed by atoms with Gasteiger partial charge in [0.25, 0.3) is 0 Å². The van der Waals surface area contributed by atoms with Gasteiger partial charge in [-0.1, -0.05) is 11.8 Å². The normalized spacial score (nSPS) is 9.08. The van der Waals surface area contributed by atoms with Gasteiger partial charge in [0, 0.05) is 0 Å². The molecule has 0 aliphatic rings. The molecule has 1 aromatic heterocycles. The number of nitrogens with zero attached hydrogens (tertiary/aromatic N) is 1. The summed E-state index contributed by atoms with van der Waals surface area (Å²) >= 11 is 0.